The van der Waals surface area contributed by atoms with Gasteiger partial charge in [0.25, 0.3) is 0 Å². The van der Waals surface area contributed by atoms with E-state index in [9.17, 15) is 0 Å². The largest absolute Gasteiger partial charge is 0.395 e. The first-order chi connectivity index (χ1) is 4.41. The van der Waals surface area contributed by atoms with Crippen LogP contribution in [0.1, 0.15) is 0 Å². The van der Waals surface area contributed by atoms with Gasteiger partial charge in [-0.2, -0.15) is 0 Å². The predicted octanol–water partition coefficient (Wildman–Crippen LogP) is -1.34. The van der Waals surface area contributed by atoms with Crippen LogP contribution >= 0.6 is 8.88 Å². The highest BCUT2D eigenvalue weighted by atomic mass is 31.1. The van der Waals surface area contributed by atoms with Crippen molar-refractivity contribution in [2.24, 2.45) is 0 Å². The maximum Gasteiger partial charge on any atom is 0.0559 e. The van der Waals surface area contributed by atoms with Gasteiger partial charge < -0.3 is 10.2 Å². The lowest BCUT2D eigenvalue weighted by molar-refractivity contribution is 0.299. The molecule has 0 aliphatic rings. The van der Waals surface area contributed by atoms with Crippen molar-refractivity contribution in [3.05, 3.63) is 0 Å². The summed E-state index contributed by atoms with van der Waals surface area (Å²) >= 11 is 0. The van der Waals surface area contributed by atoms with Gasteiger partial charge in [0.15, 0.2) is 0 Å². The molecule has 0 fully saturated rings. The fourth-order valence-electron chi connectivity index (χ4n) is 0.299. The molecule has 0 heterocycles. The Labute approximate surface area is 56.5 Å². The van der Waals surface area contributed by atoms with Crippen LogP contribution in [0.2, 0.25) is 0 Å². The van der Waals surface area contributed by atoms with Crippen molar-refractivity contribution in [1.29, 1.82) is 0 Å². The molecule has 5 heteroatoms. The van der Waals surface area contributed by atoms with Crippen LogP contribution in [0.25, 0.3) is 0 Å². The molecule has 0 aromatic carbocycles. The van der Waals surface area contributed by atoms with Crippen molar-refractivity contribution in [3.8, 4) is 0 Å². The van der Waals surface area contributed by atoms with Crippen LogP contribution in [0.4, 0.5) is 0 Å². The predicted molar refractivity (Wildman–Crippen MR) is 38.5 cm³/mol. The molecule has 0 rings (SSSR count). The van der Waals surface area contributed by atoms with Crippen molar-refractivity contribution in [1.82, 2.24) is 10.2 Å². The molecule has 0 aromatic rings. The van der Waals surface area contributed by atoms with E-state index >= 15 is 0 Å². The third-order valence-electron chi connectivity index (χ3n) is 0.650. The molecule has 0 saturated heterocycles. The molecular formula is C4H13N2O2P. The maximum atomic E-state index is 8.29. The Morgan fingerprint density at radius 3 is 1.78 bits per heavy atom. The van der Waals surface area contributed by atoms with Crippen molar-refractivity contribution < 1.29 is 10.2 Å². The lowest BCUT2D eigenvalue weighted by atomic mass is 10.8. The van der Waals surface area contributed by atoms with E-state index < -0.39 is 0 Å². The number of hydrogen-bond donors (Lipinski definition) is 4. The van der Waals surface area contributed by atoms with E-state index in [0.29, 0.717) is 22.0 Å². The first-order valence-electron chi connectivity index (χ1n) is 2.84. The Morgan fingerprint density at radius 1 is 1.00 bits per heavy atom. The van der Waals surface area contributed by atoms with Crippen LogP contribution in [-0.4, -0.2) is 36.5 Å². The normalized spacial score (nSPS) is 10.0. The average Bonchev–Trinajstić information content (AvgIpc) is 1.89. The first-order valence-corrected chi connectivity index (χ1v) is 3.84. The number of rotatable bonds is 6. The maximum absolute atomic E-state index is 8.29. The second-order valence-corrected chi connectivity index (χ2v) is 2.38. The SMILES string of the molecule is OCCNPNCCO. The summed E-state index contributed by atoms with van der Waals surface area (Å²) in [6.45, 7) is 1.54. The summed E-state index contributed by atoms with van der Waals surface area (Å²) < 4.78 is 0. The van der Waals surface area contributed by atoms with Gasteiger partial charge in [-0.25, -0.2) is 0 Å². The quantitative estimate of drug-likeness (QED) is 0.281. The summed E-state index contributed by atoms with van der Waals surface area (Å²) in [5.74, 6) is 0. The average molecular weight is 152 g/mol. The number of hydrogen-bond acceptors (Lipinski definition) is 4. The van der Waals surface area contributed by atoms with Gasteiger partial charge in [-0.1, -0.05) is 0 Å². The molecule has 0 saturated carbocycles. The molecule has 0 aliphatic heterocycles. The van der Waals surface area contributed by atoms with Crippen molar-refractivity contribution in [2.75, 3.05) is 26.3 Å². The minimum absolute atomic E-state index is 0.161. The fourth-order valence-corrected chi connectivity index (χ4v) is 0.898. The minimum atomic E-state index is 0.161. The third kappa shape index (κ3) is 8.27. The van der Waals surface area contributed by atoms with Gasteiger partial charge >= 0.3 is 0 Å². The topological polar surface area (TPSA) is 64.5 Å². The van der Waals surface area contributed by atoms with Gasteiger partial charge in [0.1, 0.15) is 0 Å². The second-order valence-electron chi connectivity index (χ2n) is 1.43. The smallest absolute Gasteiger partial charge is 0.0559 e. The van der Waals surface area contributed by atoms with E-state index in [4.69, 9.17) is 10.2 Å². The number of aliphatic hydroxyl groups excluding tert-OH is 2. The highest BCUT2D eigenvalue weighted by molar-refractivity contribution is 7.33. The summed E-state index contributed by atoms with van der Waals surface area (Å²) in [6, 6.07) is 0. The van der Waals surface area contributed by atoms with Gasteiger partial charge in [0, 0.05) is 22.0 Å². The third-order valence-corrected chi connectivity index (χ3v) is 1.50. The van der Waals surface area contributed by atoms with Gasteiger partial charge in [0.05, 0.1) is 13.2 Å². The lowest BCUT2D eigenvalue weighted by Crippen LogP contribution is -2.16. The molecule has 4 nitrogen and oxygen atoms in total. The summed E-state index contributed by atoms with van der Waals surface area (Å²) in [6.07, 6.45) is 0. The van der Waals surface area contributed by atoms with E-state index in [1.807, 2.05) is 0 Å². The molecular weight excluding hydrogens is 139 g/mol. The van der Waals surface area contributed by atoms with Crippen LogP contribution in [0, 0.1) is 0 Å². The zero-order chi connectivity index (χ0) is 6.95. The van der Waals surface area contributed by atoms with Gasteiger partial charge in [-0.15, -0.1) is 0 Å². The number of nitrogens with one attached hydrogen (secondary N) is 2. The molecule has 4 N–H and O–H groups in total. The van der Waals surface area contributed by atoms with Crippen LogP contribution in [-0.2, 0) is 0 Å². The van der Waals surface area contributed by atoms with Crippen LogP contribution in [0.3, 0.4) is 0 Å². The number of aliphatic hydroxyl groups is 2. The molecule has 56 valence electrons. The Balaban J connectivity index is 2.60. The van der Waals surface area contributed by atoms with Crippen LogP contribution in [0.15, 0.2) is 0 Å². The van der Waals surface area contributed by atoms with Crippen molar-refractivity contribution in [3.63, 3.8) is 0 Å². The highest BCUT2D eigenvalue weighted by Crippen LogP contribution is 1.90. The molecule has 9 heavy (non-hydrogen) atoms. The Morgan fingerprint density at radius 2 is 1.44 bits per heavy atom. The molecule has 0 unspecified atom stereocenters. The zero-order valence-corrected chi connectivity index (χ0v) is 6.22. The Kier molecular flexibility index (Phi) is 8.52. The lowest BCUT2D eigenvalue weighted by Gasteiger charge is -2.01. The Hall–Kier alpha value is 0.270. The van der Waals surface area contributed by atoms with E-state index in [1.165, 1.54) is 0 Å². The molecule has 0 aliphatic carbocycles. The van der Waals surface area contributed by atoms with Crippen LogP contribution in [0.5, 0.6) is 0 Å². The summed E-state index contributed by atoms with van der Waals surface area (Å²) in [5.41, 5.74) is 0. The monoisotopic (exact) mass is 152 g/mol. The van der Waals surface area contributed by atoms with Gasteiger partial charge in [0.2, 0.25) is 0 Å². The van der Waals surface area contributed by atoms with Crippen LogP contribution < -0.4 is 10.2 Å². The van der Waals surface area contributed by atoms with E-state index in [0.717, 1.165) is 0 Å². The minimum Gasteiger partial charge on any atom is -0.395 e. The summed E-state index contributed by atoms with van der Waals surface area (Å²) in [7, 11) is 0.426. The van der Waals surface area contributed by atoms with E-state index in [-0.39, 0.29) is 13.2 Å². The summed E-state index contributed by atoms with van der Waals surface area (Å²) in [4.78, 5) is 0. The standard InChI is InChI=1S/C4H13N2O2P/c7-3-1-5-9-6-2-4-8/h5-9H,1-4H2. The van der Waals surface area contributed by atoms with E-state index in [1.54, 1.807) is 0 Å². The van der Waals surface area contributed by atoms with Gasteiger partial charge in [-0.3, -0.25) is 10.2 Å². The molecule has 0 bridgehead atoms. The first kappa shape index (κ1) is 9.27. The van der Waals surface area contributed by atoms with Gasteiger partial charge in [-0.05, 0) is 0 Å². The van der Waals surface area contributed by atoms with Crippen molar-refractivity contribution in [2.45, 2.75) is 0 Å². The molecule has 0 radical (unpaired) electrons. The second kappa shape index (κ2) is 8.27. The molecule has 0 amide bonds. The molecule has 0 spiro atoms. The highest BCUT2D eigenvalue weighted by Gasteiger charge is 1.82. The molecule has 0 atom stereocenters. The Bertz CT molecular complexity index is 49.8. The molecule has 0 aromatic heterocycles. The fraction of sp³-hybridized carbons (Fsp3) is 1.00. The van der Waals surface area contributed by atoms with Crippen molar-refractivity contribution >= 4 is 8.88 Å². The van der Waals surface area contributed by atoms with E-state index in [2.05, 4.69) is 10.2 Å². The summed E-state index contributed by atoms with van der Waals surface area (Å²) in [5, 5.41) is 22.4. The zero-order valence-electron chi connectivity index (χ0n) is 5.22.